The molecule has 0 rings (SSSR count). The van der Waals surface area contributed by atoms with Gasteiger partial charge in [-0.25, -0.2) is 0 Å². The molecule has 0 aromatic carbocycles. The molecule has 92 valence electrons. The lowest BCUT2D eigenvalue weighted by Gasteiger charge is -2.14. The predicted molar refractivity (Wildman–Crippen MR) is 57.4 cm³/mol. The van der Waals surface area contributed by atoms with E-state index in [4.69, 9.17) is 0 Å². The van der Waals surface area contributed by atoms with Gasteiger partial charge in [-0.2, -0.15) is 0 Å². The Kier molecular flexibility index (Phi) is 6.14. The van der Waals surface area contributed by atoms with Crippen molar-refractivity contribution in [3.8, 4) is 0 Å². The molecule has 6 nitrogen and oxygen atoms in total. The van der Waals surface area contributed by atoms with Crippen LogP contribution in [0.3, 0.4) is 0 Å². The Hall–Kier alpha value is -1.59. The van der Waals surface area contributed by atoms with Gasteiger partial charge in [-0.15, -0.1) is 0 Å². The minimum Gasteiger partial charge on any atom is -0.468 e. The van der Waals surface area contributed by atoms with Crippen LogP contribution in [0.4, 0.5) is 0 Å². The molecule has 0 aromatic heterocycles. The van der Waals surface area contributed by atoms with Gasteiger partial charge < -0.3 is 15.4 Å². The van der Waals surface area contributed by atoms with Crippen LogP contribution in [0.25, 0.3) is 0 Å². The van der Waals surface area contributed by atoms with E-state index in [-0.39, 0.29) is 5.92 Å². The zero-order valence-corrected chi connectivity index (χ0v) is 9.99. The number of ether oxygens (including phenoxy) is 1. The Morgan fingerprint density at radius 2 is 1.75 bits per heavy atom. The lowest BCUT2D eigenvalue weighted by Crippen LogP contribution is -2.45. The Morgan fingerprint density at radius 3 is 2.12 bits per heavy atom. The van der Waals surface area contributed by atoms with E-state index in [0.29, 0.717) is 6.54 Å². The van der Waals surface area contributed by atoms with Crippen molar-refractivity contribution in [3.63, 3.8) is 0 Å². The van der Waals surface area contributed by atoms with Gasteiger partial charge in [-0.3, -0.25) is 14.4 Å². The van der Waals surface area contributed by atoms with Crippen molar-refractivity contribution in [2.24, 2.45) is 11.8 Å². The predicted octanol–water partition coefficient (Wildman–Crippen LogP) is -0.706. The topological polar surface area (TPSA) is 84.5 Å². The maximum atomic E-state index is 11.6. The Morgan fingerprint density at radius 1 is 1.19 bits per heavy atom. The monoisotopic (exact) mass is 230 g/mol. The summed E-state index contributed by atoms with van der Waals surface area (Å²) in [6.45, 7) is 4.23. The van der Waals surface area contributed by atoms with Gasteiger partial charge in [-0.1, -0.05) is 13.8 Å². The molecule has 2 amide bonds. The fourth-order valence-corrected chi connectivity index (χ4v) is 1.00. The lowest BCUT2D eigenvalue weighted by atomic mass is 10.1. The normalized spacial score (nSPS) is 11.8. The highest BCUT2D eigenvalue weighted by atomic mass is 16.5. The zero-order valence-electron chi connectivity index (χ0n) is 9.99. The number of hydrogen-bond donors (Lipinski definition) is 2. The molecule has 0 aliphatic carbocycles. The SMILES string of the molecule is CNC(=O)C(C(=O)NCC(C)C)C(=O)OC. The first-order chi connectivity index (χ1) is 7.43. The second-order valence-corrected chi connectivity index (χ2v) is 3.71. The van der Waals surface area contributed by atoms with E-state index in [1.165, 1.54) is 7.05 Å². The summed E-state index contributed by atoms with van der Waals surface area (Å²) in [5.41, 5.74) is 0. The summed E-state index contributed by atoms with van der Waals surface area (Å²) in [6.07, 6.45) is 0. The Bertz CT molecular complexity index is 260. The van der Waals surface area contributed by atoms with Crippen LogP contribution in [0.15, 0.2) is 0 Å². The third-order valence-electron chi connectivity index (χ3n) is 1.89. The van der Waals surface area contributed by atoms with Crippen LogP contribution in [0.1, 0.15) is 13.8 Å². The molecule has 2 N–H and O–H groups in total. The standard InChI is InChI=1S/C10H18N2O4/c1-6(2)5-12-9(14)7(8(13)11-3)10(15)16-4/h6-7H,5H2,1-4H3,(H,11,13)(H,12,14). The van der Waals surface area contributed by atoms with Gasteiger partial charge in [0.2, 0.25) is 17.7 Å². The first kappa shape index (κ1) is 14.4. The fraction of sp³-hybridized carbons (Fsp3) is 0.700. The molecule has 1 unspecified atom stereocenters. The number of nitrogens with one attached hydrogen (secondary N) is 2. The van der Waals surface area contributed by atoms with Crippen molar-refractivity contribution in [1.29, 1.82) is 0 Å². The van der Waals surface area contributed by atoms with Crippen molar-refractivity contribution >= 4 is 17.8 Å². The highest BCUT2D eigenvalue weighted by molar-refractivity contribution is 6.15. The summed E-state index contributed by atoms with van der Waals surface area (Å²) in [5, 5.41) is 4.76. The highest BCUT2D eigenvalue weighted by Crippen LogP contribution is 2.01. The van der Waals surface area contributed by atoms with E-state index < -0.39 is 23.7 Å². The van der Waals surface area contributed by atoms with Crippen LogP contribution in [0.2, 0.25) is 0 Å². The zero-order chi connectivity index (χ0) is 12.7. The van der Waals surface area contributed by atoms with Gasteiger partial charge in [0, 0.05) is 13.6 Å². The van der Waals surface area contributed by atoms with Crippen molar-refractivity contribution in [1.82, 2.24) is 10.6 Å². The van der Waals surface area contributed by atoms with E-state index >= 15 is 0 Å². The van der Waals surface area contributed by atoms with Crippen LogP contribution < -0.4 is 10.6 Å². The minimum absolute atomic E-state index is 0.243. The fourth-order valence-electron chi connectivity index (χ4n) is 1.00. The van der Waals surface area contributed by atoms with E-state index in [9.17, 15) is 14.4 Å². The van der Waals surface area contributed by atoms with Gasteiger partial charge in [0.05, 0.1) is 7.11 Å². The third-order valence-corrected chi connectivity index (χ3v) is 1.89. The molecule has 16 heavy (non-hydrogen) atoms. The average molecular weight is 230 g/mol. The summed E-state index contributed by atoms with van der Waals surface area (Å²) in [7, 11) is 2.49. The number of amides is 2. The quantitative estimate of drug-likeness (QED) is 0.483. The number of carbonyl (C=O) groups is 3. The number of rotatable bonds is 5. The van der Waals surface area contributed by atoms with Crippen LogP contribution in [-0.4, -0.2) is 38.5 Å². The second-order valence-electron chi connectivity index (χ2n) is 3.71. The molecule has 0 aromatic rings. The average Bonchev–Trinajstić information content (AvgIpc) is 2.25. The molecule has 0 spiro atoms. The van der Waals surface area contributed by atoms with Gasteiger partial charge in [0.1, 0.15) is 0 Å². The first-order valence-electron chi connectivity index (χ1n) is 5.01. The van der Waals surface area contributed by atoms with Crippen molar-refractivity contribution in [2.45, 2.75) is 13.8 Å². The van der Waals surface area contributed by atoms with E-state index in [1.54, 1.807) is 0 Å². The van der Waals surface area contributed by atoms with Crippen molar-refractivity contribution < 1.29 is 19.1 Å². The van der Waals surface area contributed by atoms with E-state index in [0.717, 1.165) is 7.11 Å². The molecular formula is C10H18N2O4. The molecule has 0 heterocycles. The molecular weight excluding hydrogens is 212 g/mol. The van der Waals surface area contributed by atoms with Gasteiger partial charge >= 0.3 is 5.97 Å². The van der Waals surface area contributed by atoms with E-state index in [2.05, 4.69) is 15.4 Å². The molecule has 0 saturated heterocycles. The molecule has 0 bridgehead atoms. The maximum Gasteiger partial charge on any atom is 0.327 e. The molecule has 0 aliphatic heterocycles. The Balaban J connectivity index is 4.57. The molecule has 0 radical (unpaired) electrons. The molecule has 6 heteroatoms. The second kappa shape index (κ2) is 6.81. The minimum atomic E-state index is -1.44. The summed E-state index contributed by atoms with van der Waals surface area (Å²) in [6, 6.07) is 0. The molecule has 0 fully saturated rings. The Labute approximate surface area is 94.7 Å². The number of methoxy groups -OCH3 is 1. The van der Waals surface area contributed by atoms with Crippen molar-refractivity contribution in [2.75, 3.05) is 20.7 Å². The summed E-state index contributed by atoms with van der Waals surface area (Å²) in [5.74, 6) is -3.37. The highest BCUT2D eigenvalue weighted by Gasteiger charge is 2.34. The summed E-state index contributed by atoms with van der Waals surface area (Å²) >= 11 is 0. The summed E-state index contributed by atoms with van der Waals surface area (Å²) in [4.78, 5) is 34.2. The first-order valence-corrected chi connectivity index (χ1v) is 5.01. The maximum absolute atomic E-state index is 11.6. The van der Waals surface area contributed by atoms with Gasteiger partial charge in [0.15, 0.2) is 0 Å². The molecule has 0 saturated carbocycles. The lowest BCUT2D eigenvalue weighted by molar-refractivity contribution is -0.154. The van der Waals surface area contributed by atoms with Crippen molar-refractivity contribution in [3.05, 3.63) is 0 Å². The number of hydrogen-bond acceptors (Lipinski definition) is 4. The van der Waals surface area contributed by atoms with Gasteiger partial charge in [-0.05, 0) is 5.92 Å². The van der Waals surface area contributed by atoms with Crippen LogP contribution in [0.5, 0.6) is 0 Å². The van der Waals surface area contributed by atoms with Gasteiger partial charge in [0.25, 0.3) is 0 Å². The van der Waals surface area contributed by atoms with E-state index in [1.807, 2.05) is 13.8 Å². The van der Waals surface area contributed by atoms with Crippen LogP contribution in [-0.2, 0) is 19.1 Å². The smallest absolute Gasteiger partial charge is 0.327 e. The summed E-state index contributed by atoms with van der Waals surface area (Å²) < 4.78 is 4.40. The molecule has 1 atom stereocenters. The number of esters is 1. The molecule has 0 aliphatic rings. The third kappa shape index (κ3) is 4.29. The number of carbonyl (C=O) groups excluding carboxylic acids is 3. The van der Waals surface area contributed by atoms with Crippen LogP contribution >= 0.6 is 0 Å². The largest absolute Gasteiger partial charge is 0.468 e. The van der Waals surface area contributed by atoms with Crippen LogP contribution in [0, 0.1) is 11.8 Å².